The van der Waals surface area contributed by atoms with E-state index in [0.29, 0.717) is 18.0 Å². The quantitative estimate of drug-likeness (QED) is 0.539. The van der Waals surface area contributed by atoms with Crippen LogP contribution >= 0.6 is 0 Å². The molecular formula is C12H20N4O3. The van der Waals surface area contributed by atoms with Gasteiger partial charge >= 0.3 is 0 Å². The summed E-state index contributed by atoms with van der Waals surface area (Å²) in [4.78, 5) is 29.3. The molecule has 0 aliphatic carbocycles. The van der Waals surface area contributed by atoms with Crippen LogP contribution in [-0.2, 0) is 9.59 Å². The molecule has 106 valence electrons. The van der Waals surface area contributed by atoms with Crippen molar-refractivity contribution in [2.45, 2.75) is 31.8 Å². The molecule has 19 heavy (non-hydrogen) atoms. The molecule has 2 amide bonds. The molecule has 0 spiro atoms. The maximum absolute atomic E-state index is 12.0. The minimum Gasteiger partial charge on any atom is -0.379 e. The average molecular weight is 268 g/mol. The largest absolute Gasteiger partial charge is 0.379 e. The first kappa shape index (κ1) is 15.5. The van der Waals surface area contributed by atoms with Gasteiger partial charge in [0.15, 0.2) is 5.60 Å². The third kappa shape index (κ3) is 3.96. The molecule has 0 aromatic carbocycles. The van der Waals surface area contributed by atoms with Gasteiger partial charge in [0.2, 0.25) is 0 Å². The second-order valence-corrected chi connectivity index (χ2v) is 4.80. The summed E-state index contributed by atoms with van der Waals surface area (Å²) < 4.78 is 0. The Morgan fingerprint density at radius 1 is 1.47 bits per heavy atom. The number of carbonyl (C=O) groups excluding carboxylic acids is 2. The Bertz CT molecular complexity index is 415. The SMILES string of the molecule is CCN=C=NN1C(=O)CC(O)(CCCN(C)C)C1=O. The molecule has 1 aliphatic heterocycles. The first-order valence-corrected chi connectivity index (χ1v) is 6.27. The van der Waals surface area contributed by atoms with E-state index < -0.39 is 17.4 Å². The third-order valence-corrected chi connectivity index (χ3v) is 2.84. The first-order valence-electron chi connectivity index (χ1n) is 6.27. The minimum absolute atomic E-state index is 0.226. The molecular weight excluding hydrogens is 248 g/mol. The van der Waals surface area contributed by atoms with Crippen molar-refractivity contribution < 1.29 is 14.7 Å². The normalized spacial score (nSPS) is 22.9. The predicted molar refractivity (Wildman–Crippen MR) is 69.6 cm³/mol. The molecule has 1 saturated heterocycles. The highest BCUT2D eigenvalue weighted by Gasteiger charge is 2.50. The second-order valence-electron chi connectivity index (χ2n) is 4.80. The summed E-state index contributed by atoms with van der Waals surface area (Å²) in [6, 6.07) is 2.26. The molecule has 1 fully saturated rings. The fraction of sp³-hybridized carbons (Fsp3) is 0.750. The summed E-state index contributed by atoms with van der Waals surface area (Å²) >= 11 is 0. The van der Waals surface area contributed by atoms with E-state index in [2.05, 4.69) is 16.1 Å². The van der Waals surface area contributed by atoms with Gasteiger partial charge in [-0.05, 0) is 40.4 Å². The van der Waals surface area contributed by atoms with Crippen molar-refractivity contribution in [3.63, 3.8) is 0 Å². The van der Waals surface area contributed by atoms with Crippen molar-refractivity contribution in [2.75, 3.05) is 27.2 Å². The summed E-state index contributed by atoms with van der Waals surface area (Å²) in [5.41, 5.74) is -1.63. The van der Waals surface area contributed by atoms with Gasteiger partial charge in [-0.1, -0.05) is 5.10 Å². The van der Waals surface area contributed by atoms with Crippen LogP contribution in [0.15, 0.2) is 10.1 Å². The number of aliphatic imine (C=N–C) groups is 1. The van der Waals surface area contributed by atoms with Crippen molar-refractivity contribution in [3.8, 4) is 0 Å². The van der Waals surface area contributed by atoms with Crippen LogP contribution in [0.4, 0.5) is 0 Å². The highest BCUT2D eigenvalue weighted by molar-refractivity contribution is 6.07. The number of aliphatic hydroxyl groups is 1. The monoisotopic (exact) mass is 268 g/mol. The summed E-state index contributed by atoms with van der Waals surface area (Å²) in [6.45, 7) is 2.99. The molecule has 1 N–H and O–H groups in total. The van der Waals surface area contributed by atoms with Crippen LogP contribution in [0.25, 0.3) is 0 Å². The van der Waals surface area contributed by atoms with Crippen LogP contribution in [0.5, 0.6) is 0 Å². The lowest BCUT2D eigenvalue weighted by Crippen LogP contribution is -2.38. The van der Waals surface area contributed by atoms with Crippen molar-refractivity contribution in [1.82, 2.24) is 9.91 Å². The second kappa shape index (κ2) is 6.56. The summed E-state index contributed by atoms with van der Waals surface area (Å²) in [6.07, 6.45) is 0.645. The third-order valence-electron chi connectivity index (χ3n) is 2.84. The molecule has 0 bridgehead atoms. The van der Waals surface area contributed by atoms with Gasteiger partial charge in [-0.2, -0.15) is 5.01 Å². The summed E-state index contributed by atoms with van der Waals surface area (Å²) in [7, 11) is 3.81. The average Bonchev–Trinajstić information content (AvgIpc) is 2.52. The highest BCUT2D eigenvalue weighted by atomic mass is 16.3. The van der Waals surface area contributed by atoms with Crippen LogP contribution in [0.1, 0.15) is 26.2 Å². The van der Waals surface area contributed by atoms with Crippen molar-refractivity contribution in [2.24, 2.45) is 10.1 Å². The molecule has 0 saturated carbocycles. The smallest absolute Gasteiger partial charge is 0.283 e. The maximum Gasteiger partial charge on any atom is 0.283 e. The molecule has 1 atom stereocenters. The molecule has 0 aromatic heterocycles. The number of rotatable bonds is 6. The van der Waals surface area contributed by atoms with Gasteiger partial charge < -0.3 is 10.0 Å². The predicted octanol–water partition coefficient (Wildman–Crippen LogP) is -0.0730. The molecule has 0 radical (unpaired) electrons. The van der Waals surface area contributed by atoms with E-state index in [4.69, 9.17) is 0 Å². The molecule has 1 heterocycles. The van der Waals surface area contributed by atoms with Gasteiger partial charge in [-0.15, -0.1) is 0 Å². The van der Waals surface area contributed by atoms with Gasteiger partial charge in [0.1, 0.15) is 6.01 Å². The van der Waals surface area contributed by atoms with Gasteiger partial charge in [-0.25, -0.2) is 4.99 Å². The minimum atomic E-state index is -1.63. The fourth-order valence-electron chi connectivity index (χ4n) is 1.84. The van der Waals surface area contributed by atoms with Gasteiger partial charge in [-0.3, -0.25) is 9.59 Å². The maximum atomic E-state index is 12.0. The van der Waals surface area contributed by atoms with Crippen molar-refractivity contribution >= 4 is 17.8 Å². The van der Waals surface area contributed by atoms with Crippen molar-refractivity contribution in [3.05, 3.63) is 0 Å². The number of imide groups is 1. The van der Waals surface area contributed by atoms with E-state index in [1.54, 1.807) is 6.92 Å². The van der Waals surface area contributed by atoms with Crippen LogP contribution in [-0.4, -0.2) is 65.6 Å². The van der Waals surface area contributed by atoms with Gasteiger partial charge in [0, 0.05) is 6.54 Å². The lowest BCUT2D eigenvalue weighted by atomic mass is 9.96. The zero-order valence-corrected chi connectivity index (χ0v) is 11.6. The highest BCUT2D eigenvalue weighted by Crippen LogP contribution is 2.28. The van der Waals surface area contributed by atoms with E-state index in [0.717, 1.165) is 6.54 Å². The molecule has 1 rings (SSSR count). The van der Waals surface area contributed by atoms with Crippen molar-refractivity contribution in [1.29, 1.82) is 0 Å². The van der Waals surface area contributed by atoms with Crippen LogP contribution in [0, 0.1) is 0 Å². The molecule has 0 aromatic rings. The summed E-state index contributed by atoms with van der Waals surface area (Å²) in [5.74, 6) is -1.20. The van der Waals surface area contributed by atoms with E-state index in [-0.39, 0.29) is 12.8 Å². The number of hydrogen-bond acceptors (Lipinski definition) is 6. The number of nitrogens with zero attached hydrogens (tertiary/aromatic N) is 4. The topological polar surface area (TPSA) is 85.6 Å². The standard InChI is InChI=1S/C12H20N4O3/c1-4-13-9-14-16-10(17)8-12(19,11(16)18)6-5-7-15(2)3/h19H,4-8H2,1-3H3. The van der Waals surface area contributed by atoms with Crippen LogP contribution < -0.4 is 0 Å². The van der Waals surface area contributed by atoms with Gasteiger partial charge in [0.25, 0.3) is 11.8 Å². The molecule has 1 aliphatic rings. The zero-order valence-electron chi connectivity index (χ0n) is 11.6. The Balaban J connectivity index is 2.70. The van der Waals surface area contributed by atoms with E-state index >= 15 is 0 Å². The van der Waals surface area contributed by atoms with Crippen LogP contribution in [0.3, 0.4) is 0 Å². The lowest BCUT2D eigenvalue weighted by molar-refractivity contribution is -0.146. The lowest BCUT2D eigenvalue weighted by Gasteiger charge is -2.19. The summed E-state index contributed by atoms with van der Waals surface area (Å²) in [5, 5.41) is 14.4. The Kier molecular flexibility index (Phi) is 5.35. The Morgan fingerprint density at radius 2 is 2.16 bits per heavy atom. The number of carbonyl (C=O) groups is 2. The molecule has 1 unspecified atom stereocenters. The number of hydrogen-bond donors (Lipinski definition) is 1. The first-order chi connectivity index (χ1) is 8.90. The Labute approximate surface area is 112 Å². The fourth-order valence-corrected chi connectivity index (χ4v) is 1.84. The molecule has 7 heteroatoms. The Morgan fingerprint density at radius 3 is 2.74 bits per heavy atom. The van der Waals surface area contributed by atoms with Crippen LogP contribution in [0.2, 0.25) is 0 Å². The van der Waals surface area contributed by atoms with E-state index in [9.17, 15) is 14.7 Å². The van der Waals surface area contributed by atoms with E-state index in [1.807, 2.05) is 19.0 Å². The number of hydrazone groups is 1. The van der Waals surface area contributed by atoms with Gasteiger partial charge in [0.05, 0.1) is 6.42 Å². The zero-order chi connectivity index (χ0) is 14.5. The molecule has 7 nitrogen and oxygen atoms in total. The Hall–Kier alpha value is -1.56. The number of amides is 2. The van der Waals surface area contributed by atoms with E-state index in [1.165, 1.54) is 0 Å².